The van der Waals surface area contributed by atoms with Crippen LogP contribution in [0.1, 0.15) is 47.0 Å². The molecule has 1 saturated carbocycles. The molecule has 2 aliphatic heterocycles. The molecule has 4 nitrogen and oxygen atoms in total. The Morgan fingerprint density at radius 2 is 2.00 bits per heavy atom. The quantitative estimate of drug-likeness (QED) is 0.796. The van der Waals surface area contributed by atoms with Crippen LogP contribution in [-0.4, -0.2) is 41.6 Å². The van der Waals surface area contributed by atoms with Gasteiger partial charge in [0.1, 0.15) is 5.54 Å². The largest absolute Gasteiger partial charge is 0.377 e. The smallest absolute Gasteiger partial charge is 0.243 e. The molecular weight excluding hydrogens is 252 g/mol. The highest BCUT2D eigenvalue weighted by molar-refractivity contribution is 5.90. The first-order valence-electron chi connectivity index (χ1n) is 8.01. The SMILES string of the molecule is CC1CCN(C(=O)C2(N)C3CCOC3C2(C)C)C(C)C1. The van der Waals surface area contributed by atoms with Crippen LogP contribution in [0.4, 0.5) is 0 Å². The number of piperidine rings is 1. The number of nitrogens with two attached hydrogens (primary N) is 1. The van der Waals surface area contributed by atoms with E-state index in [4.69, 9.17) is 10.5 Å². The monoisotopic (exact) mass is 280 g/mol. The predicted molar refractivity (Wildman–Crippen MR) is 78.1 cm³/mol. The van der Waals surface area contributed by atoms with Crippen LogP contribution in [0.5, 0.6) is 0 Å². The van der Waals surface area contributed by atoms with Crippen LogP contribution in [0.25, 0.3) is 0 Å². The van der Waals surface area contributed by atoms with Crippen molar-refractivity contribution in [2.75, 3.05) is 13.2 Å². The molecule has 2 heterocycles. The first kappa shape index (κ1) is 14.3. The van der Waals surface area contributed by atoms with E-state index in [0.29, 0.717) is 12.0 Å². The van der Waals surface area contributed by atoms with Crippen LogP contribution in [-0.2, 0) is 9.53 Å². The van der Waals surface area contributed by atoms with E-state index >= 15 is 0 Å². The molecule has 0 spiro atoms. The first-order chi connectivity index (χ1) is 9.30. The van der Waals surface area contributed by atoms with E-state index < -0.39 is 5.54 Å². The van der Waals surface area contributed by atoms with Crippen LogP contribution in [0, 0.1) is 17.3 Å². The van der Waals surface area contributed by atoms with E-state index in [1.807, 2.05) is 4.90 Å². The maximum Gasteiger partial charge on any atom is 0.243 e. The van der Waals surface area contributed by atoms with E-state index in [2.05, 4.69) is 27.7 Å². The topological polar surface area (TPSA) is 55.6 Å². The number of amides is 1. The molecule has 4 heteroatoms. The minimum Gasteiger partial charge on any atom is -0.377 e. The Hall–Kier alpha value is -0.610. The average Bonchev–Trinajstić information content (AvgIpc) is 2.85. The summed E-state index contributed by atoms with van der Waals surface area (Å²) in [4.78, 5) is 15.2. The molecule has 114 valence electrons. The third-order valence-electron chi connectivity index (χ3n) is 6.21. The molecule has 5 unspecified atom stereocenters. The van der Waals surface area contributed by atoms with Gasteiger partial charge in [0.25, 0.3) is 0 Å². The number of ether oxygens (including phenoxy) is 1. The van der Waals surface area contributed by atoms with E-state index in [-0.39, 0.29) is 23.3 Å². The Morgan fingerprint density at radius 3 is 2.65 bits per heavy atom. The van der Waals surface area contributed by atoms with Gasteiger partial charge >= 0.3 is 0 Å². The van der Waals surface area contributed by atoms with Crippen molar-refractivity contribution >= 4 is 5.91 Å². The summed E-state index contributed by atoms with van der Waals surface area (Å²) in [5.41, 5.74) is 5.68. The Labute approximate surface area is 122 Å². The summed E-state index contributed by atoms with van der Waals surface area (Å²) < 4.78 is 5.79. The molecule has 0 aromatic carbocycles. The molecule has 2 N–H and O–H groups in total. The standard InChI is InChI=1S/C16H28N2O2/c1-10-5-7-18(11(2)9-10)14(19)16(17)12-6-8-20-13(12)15(16,3)4/h10-13H,5-9,17H2,1-4H3. The van der Waals surface area contributed by atoms with E-state index in [1.165, 1.54) is 0 Å². The van der Waals surface area contributed by atoms with E-state index in [1.54, 1.807) is 0 Å². The van der Waals surface area contributed by atoms with Gasteiger partial charge in [-0.2, -0.15) is 0 Å². The Bertz CT molecular complexity index is 423. The molecule has 0 bridgehead atoms. The second-order valence-corrected chi connectivity index (χ2v) is 7.75. The zero-order valence-corrected chi connectivity index (χ0v) is 13.2. The zero-order valence-electron chi connectivity index (χ0n) is 13.2. The minimum absolute atomic E-state index is 0.161. The van der Waals surface area contributed by atoms with Crippen molar-refractivity contribution in [3.05, 3.63) is 0 Å². The number of fused-ring (bicyclic) bond motifs is 1. The third-order valence-corrected chi connectivity index (χ3v) is 6.21. The van der Waals surface area contributed by atoms with Gasteiger partial charge in [0.05, 0.1) is 6.10 Å². The maximum absolute atomic E-state index is 13.1. The van der Waals surface area contributed by atoms with Gasteiger partial charge < -0.3 is 15.4 Å². The van der Waals surface area contributed by atoms with Gasteiger partial charge in [-0.3, -0.25) is 4.79 Å². The normalized spacial score (nSPS) is 46.8. The molecule has 0 aromatic rings. The molecule has 2 saturated heterocycles. The fourth-order valence-electron chi connectivity index (χ4n) is 4.77. The molecule has 3 aliphatic rings. The Kier molecular flexibility index (Phi) is 3.18. The Balaban J connectivity index is 1.83. The molecule has 3 fully saturated rings. The van der Waals surface area contributed by atoms with Crippen LogP contribution in [0.2, 0.25) is 0 Å². The van der Waals surface area contributed by atoms with Crippen molar-refractivity contribution in [1.82, 2.24) is 4.90 Å². The number of rotatable bonds is 1. The van der Waals surface area contributed by atoms with Crippen molar-refractivity contribution in [2.24, 2.45) is 23.0 Å². The number of likely N-dealkylation sites (tertiary alicyclic amines) is 1. The van der Waals surface area contributed by atoms with Crippen molar-refractivity contribution < 1.29 is 9.53 Å². The van der Waals surface area contributed by atoms with Crippen LogP contribution in [0.15, 0.2) is 0 Å². The average molecular weight is 280 g/mol. The van der Waals surface area contributed by atoms with E-state index in [9.17, 15) is 4.79 Å². The number of carbonyl (C=O) groups excluding carboxylic acids is 1. The summed E-state index contributed by atoms with van der Waals surface area (Å²) in [5.74, 6) is 1.07. The summed E-state index contributed by atoms with van der Waals surface area (Å²) in [6, 6.07) is 0.309. The lowest BCUT2D eigenvalue weighted by molar-refractivity contribution is -0.187. The number of carbonyl (C=O) groups is 1. The molecule has 1 amide bonds. The van der Waals surface area contributed by atoms with Crippen molar-refractivity contribution in [1.29, 1.82) is 0 Å². The molecule has 3 rings (SSSR count). The Morgan fingerprint density at radius 1 is 1.30 bits per heavy atom. The minimum atomic E-state index is -0.733. The summed E-state index contributed by atoms with van der Waals surface area (Å²) in [7, 11) is 0. The summed E-state index contributed by atoms with van der Waals surface area (Å²) in [5, 5.41) is 0. The van der Waals surface area contributed by atoms with Crippen molar-refractivity contribution in [3.8, 4) is 0 Å². The lowest BCUT2D eigenvalue weighted by Crippen LogP contribution is -2.80. The van der Waals surface area contributed by atoms with Gasteiger partial charge in [-0.1, -0.05) is 20.8 Å². The second-order valence-electron chi connectivity index (χ2n) is 7.75. The lowest BCUT2D eigenvalue weighted by Gasteiger charge is -2.62. The van der Waals surface area contributed by atoms with Gasteiger partial charge in [0, 0.05) is 30.5 Å². The first-order valence-corrected chi connectivity index (χ1v) is 8.01. The van der Waals surface area contributed by atoms with Gasteiger partial charge in [-0.25, -0.2) is 0 Å². The van der Waals surface area contributed by atoms with Crippen molar-refractivity contribution in [2.45, 2.75) is 64.6 Å². The summed E-state index contributed by atoms with van der Waals surface area (Å²) in [6.07, 6.45) is 3.27. The van der Waals surface area contributed by atoms with E-state index in [0.717, 1.165) is 32.4 Å². The highest BCUT2D eigenvalue weighted by Crippen LogP contribution is 2.59. The van der Waals surface area contributed by atoms with Crippen molar-refractivity contribution in [3.63, 3.8) is 0 Å². The zero-order chi connectivity index (χ0) is 14.7. The molecule has 0 aromatic heterocycles. The summed E-state index contributed by atoms with van der Waals surface area (Å²) >= 11 is 0. The number of hydrogen-bond donors (Lipinski definition) is 1. The summed E-state index contributed by atoms with van der Waals surface area (Å²) in [6.45, 7) is 10.2. The third kappa shape index (κ3) is 1.64. The van der Waals surface area contributed by atoms with Crippen LogP contribution in [0.3, 0.4) is 0 Å². The van der Waals surface area contributed by atoms with Crippen LogP contribution >= 0.6 is 0 Å². The molecule has 1 aliphatic carbocycles. The molecular formula is C16H28N2O2. The fourth-order valence-corrected chi connectivity index (χ4v) is 4.77. The number of nitrogens with zero attached hydrogens (tertiary/aromatic N) is 1. The highest BCUT2D eigenvalue weighted by Gasteiger charge is 2.72. The van der Waals surface area contributed by atoms with Gasteiger partial charge in [0.15, 0.2) is 0 Å². The predicted octanol–water partition coefficient (Wildman–Crippen LogP) is 1.78. The highest BCUT2D eigenvalue weighted by atomic mass is 16.5. The van der Waals surface area contributed by atoms with Crippen LogP contribution < -0.4 is 5.73 Å². The molecule has 0 radical (unpaired) electrons. The van der Waals surface area contributed by atoms with Gasteiger partial charge in [-0.15, -0.1) is 0 Å². The lowest BCUT2D eigenvalue weighted by atomic mass is 9.47. The maximum atomic E-state index is 13.1. The number of hydrogen-bond acceptors (Lipinski definition) is 3. The molecule has 5 atom stereocenters. The fraction of sp³-hybridized carbons (Fsp3) is 0.938. The van der Waals surface area contributed by atoms with Gasteiger partial charge in [-0.05, 0) is 32.1 Å². The molecule has 20 heavy (non-hydrogen) atoms. The second kappa shape index (κ2) is 4.44. The van der Waals surface area contributed by atoms with Gasteiger partial charge in [0.2, 0.25) is 5.91 Å².